The second kappa shape index (κ2) is 5.98. The zero-order valence-electron chi connectivity index (χ0n) is 10.9. The van der Waals surface area contributed by atoms with Crippen LogP contribution in [-0.2, 0) is 10.0 Å². The Balaban J connectivity index is 2.56. The third kappa shape index (κ3) is 3.24. The minimum absolute atomic E-state index is 0.352. The van der Waals surface area contributed by atoms with Gasteiger partial charge in [0.2, 0.25) is 10.0 Å². The number of rotatable bonds is 2. The van der Waals surface area contributed by atoms with Gasteiger partial charge in [0.1, 0.15) is 16.3 Å². The van der Waals surface area contributed by atoms with Crippen molar-refractivity contribution >= 4 is 31.9 Å². The molecule has 1 amide bonds. The van der Waals surface area contributed by atoms with Crippen molar-refractivity contribution in [3.8, 4) is 0 Å². The Hall–Kier alpha value is -1.06. The van der Waals surface area contributed by atoms with Gasteiger partial charge >= 0.3 is 0 Å². The molecule has 0 aliphatic carbocycles. The second-order valence-electron chi connectivity index (χ2n) is 4.76. The van der Waals surface area contributed by atoms with Crippen LogP contribution < -0.4 is 5.14 Å². The molecule has 0 bridgehead atoms. The number of carbonyl (C=O) groups excluding carboxylic acids is 1. The highest BCUT2D eigenvalue weighted by Crippen LogP contribution is 2.30. The van der Waals surface area contributed by atoms with Gasteiger partial charge in [-0.05, 0) is 41.3 Å². The minimum Gasteiger partial charge on any atom is -0.338 e. The van der Waals surface area contributed by atoms with E-state index in [1.54, 1.807) is 0 Å². The number of likely N-dealkylation sites (tertiary alicyclic amines) is 1. The lowest BCUT2D eigenvalue weighted by molar-refractivity contribution is 0.0713. The third-order valence-electron chi connectivity index (χ3n) is 3.27. The fourth-order valence-electron chi connectivity index (χ4n) is 2.28. The van der Waals surface area contributed by atoms with Gasteiger partial charge < -0.3 is 4.90 Å². The zero-order chi connectivity index (χ0) is 15.8. The number of hydrogen-bond acceptors (Lipinski definition) is 3. The summed E-state index contributed by atoms with van der Waals surface area (Å²) in [4.78, 5) is 12.6. The molecule has 116 valence electrons. The first kappa shape index (κ1) is 16.3. The summed E-state index contributed by atoms with van der Waals surface area (Å²) in [6, 6.07) is 0.736. The van der Waals surface area contributed by atoms with Crippen LogP contribution in [-0.4, -0.2) is 32.3 Å². The number of nitrogens with zero attached hydrogens (tertiary/aromatic N) is 1. The molecule has 21 heavy (non-hydrogen) atoms. The van der Waals surface area contributed by atoms with Gasteiger partial charge in [0.15, 0.2) is 5.82 Å². The normalized spacial score (nSPS) is 16.1. The van der Waals surface area contributed by atoms with Gasteiger partial charge in [0, 0.05) is 17.6 Å². The van der Waals surface area contributed by atoms with E-state index in [0.717, 1.165) is 25.3 Å². The molecule has 0 aromatic heterocycles. The van der Waals surface area contributed by atoms with Crippen molar-refractivity contribution in [2.24, 2.45) is 5.14 Å². The van der Waals surface area contributed by atoms with Crippen LogP contribution in [0.15, 0.2) is 15.4 Å². The molecule has 2 rings (SSSR count). The molecule has 2 N–H and O–H groups in total. The zero-order valence-corrected chi connectivity index (χ0v) is 13.3. The Labute approximate surface area is 129 Å². The van der Waals surface area contributed by atoms with E-state index >= 15 is 0 Å². The maximum Gasteiger partial charge on any atom is 0.259 e. The van der Waals surface area contributed by atoms with Gasteiger partial charge in [-0.2, -0.15) is 0 Å². The van der Waals surface area contributed by atoms with Crippen LogP contribution in [0.1, 0.15) is 29.6 Å². The van der Waals surface area contributed by atoms with E-state index in [4.69, 9.17) is 5.14 Å². The lowest BCUT2D eigenvalue weighted by Gasteiger charge is -2.27. The largest absolute Gasteiger partial charge is 0.338 e. The molecule has 9 heteroatoms. The molecular formula is C12H13BrF2N2O3S. The summed E-state index contributed by atoms with van der Waals surface area (Å²) >= 11 is 2.75. The van der Waals surface area contributed by atoms with Gasteiger partial charge in [-0.15, -0.1) is 0 Å². The number of carbonyl (C=O) groups is 1. The van der Waals surface area contributed by atoms with Crippen LogP contribution in [0.4, 0.5) is 8.78 Å². The van der Waals surface area contributed by atoms with Crippen LogP contribution in [0, 0.1) is 11.6 Å². The molecule has 1 aromatic rings. The quantitative estimate of drug-likeness (QED) is 0.849. The SMILES string of the molecule is NS(=O)(=O)c1c(Br)cc(F)c(C(=O)N2CCCCC2)c1F. The average Bonchev–Trinajstić information content (AvgIpc) is 2.37. The number of amides is 1. The number of piperidine rings is 1. The van der Waals surface area contributed by atoms with E-state index in [-0.39, 0.29) is 4.47 Å². The van der Waals surface area contributed by atoms with Crippen molar-refractivity contribution in [3.05, 3.63) is 27.7 Å². The van der Waals surface area contributed by atoms with Crippen molar-refractivity contribution in [1.82, 2.24) is 4.90 Å². The summed E-state index contributed by atoms with van der Waals surface area (Å²) in [5.41, 5.74) is -0.885. The topological polar surface area (TPSA) is 80.5 Å². The van der Waals surface area contributed by atoms with Crippen LogP contribution in [0.5, 0.6) is 0 Å². The number of hydrogen-bond donors (Lipinski definition) is 1. The van der Waals surface area contributed by atoms with Crippen molar-refractivity contribution in [2.45, 2.75) is 24.2 Å². The molecule has 0 atom stereocenters. The molecule has 0 radical (unpaired) electrons. The first-order valence-corrected chi connectivity index (χ1v) is 8.57. The molecule has 1 aliphatic heterocycles. The predicted molar refractivity (Wildman–Crippen MR) is 75.2 cm³/mol. The molecule has 1 saturated heterocycles. The predicted octanol–water partition coefficient (Wildman–Crippen LogP) is 2.00. The highest BCUT2D eigenvalue weighted by molar-refractivity contribution is 9.10. The molecule has 5 nitrogen and oxygen atoms in total. The lowest BCUT2D eigenvalue weighted by Crippen LogP contribution is -2.37. The summed E-state index contributed by atoms with van der Waals surface area (Å²) in [7, 11) is -4.43. The van der Waals surface area contributed by atoms with Gasteiger partial charge in [-0.25, -0.2) is 22.3 Å². The molecule has 1 aliphatic rings. The highest BCUT2D eigenvalue weighted by atomic mass is 79.9. The van der Waals surface area contributed by atoms with Gasteiger partial charge in [-0.1, -0.05) is 0 Å². The Kier molecular flexibility index (Phi) is 4.64. The number of halogens is 3. The number of sulfonamides is 1. The minimum atomic E-state index is -4.43. The number of primary sulfonamides is 1. The maximum atomic E-state index is 14.3. The van der Waals surface area contributed by atoms with Gasteiger partial charge in [0.25, 0.3) is 5.91 Å². The maximum absolute atomic E-state index is 14.3. The molecule has 1 aromatic carbocycles. The Bertz CT molecular complexity index is 688. The summed E-state index contributed by atoms with van der Waals surface area (Å²) < 4.78 is 50.7. The molecular weight excluding hydrogens is 370 g/mol. The standard InChI is InChI=1S/C12H13BrF2N2O3S/c13-7-6-8(14)9(10(15)11(7)21(16,19)20)12(18)17-4-2-1-3-5-17/h6H,1-5H2,(H2,16,19,20). The second-order valence-corrected chi connectivity index (χ2v) is 7.11. The first-order chi connectivity index (χ1) is 9.73. The fraction of sp³-hybridized carbons (Fsp3) is 0.417. The van der Waals surface area contributed by atoms with Crippen LogP contribution in [0.25, 0.3) is 0 Å². The van der Waals surface area contributed by atoms with E-state index in [0.29, 0.717) is 13.1 Å². The van der Waals surface area contributed by atoms with E-state index in [1.807, 2.05) is 0 Å². The van der Waals surface area contributed by atoms with Crippen molar-refractivity contribution in [2.75, 3.05) is 13.1 Å². The summed E-state index contributed by atoms with van der Waals surface area (Å²) in [6.07, 6.45) is 2.43. The van der Waals surface area contributed by atoms with E-state index in [1.165, 1.54) is 4.90 Å². The average molecular weight is 383 g/mol. The third-order valence-corrected chi connectivity index (χ3v) is 5.13. The van der Waals surface area contributed by atoms with Crippen LogP contribution in [0.3, 0.4) is 0 Å². The highest BCUT2D eigenvalue weighted by Gasteiger charge is 2.31. The number of benzene rings is 1. The molecule has 1 heterocycles. The summed E-state index contributed by atoms with van der Waals surface area (Å²) in [5, 5.41) is 4.91. The van der Waals surface area contributed by atoms with Gasteiger partial charge in [-0.3, -0.25) is 4.79 Å². The van der Waals surface area contributed by atoms with Crippen LogP contribution in [0.2, 0.25) is 0 Å². The van der Waals surface area contributed by atoms with Crippen LogP contribution >= 0.6 is 15.9 Å². The van der Waals surface area contributed by atoms with Gasteiger partial charge in [0.05, 0.1) is 0 Å². The molecule has 0 saturated carbocycles. The fourth-order valence-corrected chi connectivity index (χ4v) is 4.02. The van der Waals surface area contributed by atoms with Crippen molar-refractivity contribution in [1.29, 1.82) is 0 Å². The summed E-state index contributed by atoms with van der Waals surface area (Å²) in [5.74, 6) is -3.44. The monoisotopic (exact) mass is 382 g/mol. The molecule has 1 fully saturated rings. The molecule has 0 unspecified atom stereocenters. The first-order valence-electron chi connectivity index (χ1n) is 6.23. The van der Waals surface area contributed by atoms with Crippen molar-refractivity contribution in [3.63, 3.8) is 0 Å². The Morgan fingerprint density at radius 2 is 1.81 bits per heavy atom. The van der Waals surface area contributed by atoms with E-state index in [9.17, 15) is 22.0 Å². The lowest BCUT2D eigenvalue weighted by atomic mass is 10.1. The Morgan fingerprint density at radius 1 is 1.24 bits per heavy atom. The Morgan fingerprint density at radius 3 is 2.33 bits per heavy atom. The molecule has 0 spiro atoms. The van der Waals surface area contributed by atoms with Crippen molar-refractivity contribution < 1.29 is 22.0 Å². The summed E-state index contributed by atoms with van der Waals surface area (Å²) in [6.45, 7) is 0.775. The van der Waals surface area contributed by atoms with E-state index < -0.39 is 38.0 Å². The number of nitrogens with two attached hydrogens (primary N) is 1. The van der Waals surface area contributed by atoms with E-state index in [2.05, 4.69) is 15.9 Å². The smallest absolute Gasteiger partial charge is 0.259 e.